The van der Waals surface area contributed by atoms with E-state index in [0.717, 1.165) is 12.6 Å². The van der Waals surface area contributed by atoms with Gasteiger partial charge < -0.3 is 19.3 Å². The SMILES string of the molecule is COc1cc(C)c(S(=O)(=O)N(C)CCOCC(=O)N(C)CC2CCC(N3CCCC3)CC2)c(C)c1. The second kappa shape index (κ2) is 12.5. The maximum atomic E-state index is 13.1. The minimum atomic E-state index is -3.67. The smallest absolute Gasteiger partial charge is 0.248 e. The molecule has 1 amide bonds. The highest BCUT2D eigenvalue weighted by Gasteiger charge is 2.29. The predicted octanol–water partition coefficient (Wildman–Crippen LogP) is 3.06. The van der Waals surface area contributed by atoms with E-state index in [2.05, 4.69) is 4.90 Å². The highest BCUT2D eigenvalue weighted by molar-refractivity contribution is 7.89. The number of carbonyl (C=O) groups is 1. The molecule has 198 valence electrons. The molecule has 0 aromatic heterocycles. The lowest BCUT2D eigenvalue weighted by atomic mass is 9.85. The van der Waals surface area contributed by atoms with Crippen molar-refractivity contribution in [1.29, 1.82) is 0 Å². The van der Waals surface area contributed by atoms with Gasteiger partial charge in [-0.25, -0.2) is 8.42 Å². The molecule has 1 aromatic carbocycles. The van der Waals surface area contributed by atoms with E-state index in [1.165, 1.54) is 63.0 Å². The van der Waals surface area contributed by atoms with Gasteiger partial charge in [-0.1, -0.05) is 0 Å². The number of nitrogens with zero attached hydrogens (tertiary/aromatic N) is 3. The van der Waals surface area contributed by atoms with Crippen LogP contribution in [0.1, 0.15) is 49.7 Å². The molecule has 0 radical (unpaired) electrons. The quantitative estimate of drug-likeness (QED) is 0.427. The van der Waals surface area contributed by atoms with Crippen LogP contribution in [0.2, 0.25) is 0 Å². The van der Waals surface area contributed by atoms with Crippen molar-refractivity contribution in [3.8, 4) is 5.75 Å². The van der Waals surface area contributed by atoms with Crippen LogP contribution in [0.5, 0.6) is 5.75 Å². The Morgan fingerprint density at radius 3 is 2.23 bits per heavy atom. The fourth-order valence-corrected chi connectivity index (χ4v) is 7.02. The predicted molar refractivity (Wildman–Crippen MR) is 137 cm³/mol. The van der Waals surface area contributed by atoms with Gasteiger partial charge in [-0.15, -0.1) is 0 Å². The van der Waals surface area contributed by atoms with Crippen molar-refractivity contribution in [2.24, 2.45) is 5.92 Å². The number of amides is 1. The third kappa shape index (κ3) is 7.18. The molecule has 0 bridgehead atoms. The Morgan fingerprint density at radius 2 is 1.66 bits per heavy atom. The molecule has 0 unspecified atom stereocenters. The molecule has 8 nitrogen and oxygen atoms in total. The number of rotatable bonds is 11. The first kappa shape index (κ1) is 27.9. The molecular formula is C26H43N3O5S. The average molecular weight is 510 g/mol. The summed E-state index contributed by atoms with van der Waals surface area (Å²) in [7, 11) is 1.26. The Bertz CT molecular complexity index is 931. The number of ether oxygens (including phenoxy) is 2. The standard InChI is InChI=1S/C26H43N3O5S/c1-20-16-24(33-5)17-21(2)26(20)35(31,32)28(4)14-15-34-19-25(30)27(3)18-22-8-10-23(11-9-22)29-12-6-7-13-29/h16-17,22-23H,6-15,18-19H2,1-5H3. The molecule has 1 saturated heterocycles. The maximum absolute atomic E-state index is 13.1. The fraction of sp³-hybridized carbons (Fsp3) is 0.731. The maximum Gasteiger partial charge on any atom is 0.248 e. The summed E-state index contributed by atoms with van der Waals surface area (Å²) in [6, 6.07) is 4.17. The van der Waals surface area contributed by atoms with Crippen molar-refractivity contribution in [3.63, 3.8) is 0 Å². The zero-order valence-corrected chi connectivity index (χ0v) is 22.9. The van der Waals surface area contributed by atoms with Crippen LogP contribution < -0.4 is 4.74 Å². The molecule has 3 rings (SSSR count). The van der Waals surface area contributed by atoms with E-state index in [-0.39, 0.29) is 30.6 Å². The van der Waals surface area contributed by atoms with Crippen LogP contribution in [0, 0.1) is 19.8 Å². The van der Waals surface area contributed by atoms with E-state index >= 15 is 0 Å². The van der Waals surface area contributed by atoms with Gasteiger partial charge in [0.15, 0.2) is 0 Å². The lowest BCUT2D eigenvalue weighted by Crippen LogP contribution is -2.40. The first-order valence-corrected chi connectivity index (χ1v) is 14.2. The number of hydrogen-bond donors (Lipinski definition) is 0. The second-order valence-corrected chi connectivity index (χ2v) is 12.1. The topological polar surface area (TPSA) is 79.4 Å². The molecule has 1 saturated carbocycles. The van der Waals surface area contributed by atoms with Crippen molar-refractivity contribution in [3.05, 3.63) is 23.3 Å². The molecule has 9 heteroatoms. The van der Waals surface area contributed by atoms with Crippen molar-refractivity contribution >= 4 is 15.9 Å². The summed E-state index contributed by atoms with van der Waals surface area (Å²) in [5.41, 5.74) is 1.28. The van der Waals surface area contributed by atoms with Crippen LogP contribution in [0.15, 0.2) is 17.0 Å². The second-order valence-electron chi connectivity index (χ2n) is 10.2. The minimum absolute atomic E-state index is 0.0336. The van der Waals surface area contributed by atoms with Crippen molar-refractivity contribution < 1.29 is 22.7 Å². The van der Waals surface area contributed by atoms with Crippen molar-refractivity contribution in [2.75, 3.05) is 60.6 Å². The number of likely N-dealkylation sites (tertiary alicyclic amines) is 1. The van der Waals surface area contributed by atoms with Gasteiger partial charge in [0.05, 0.1) is 18.6 Å². The lowest BCUT2D eigenvalue weighted by Gasteiger charge is -2.35. The zero-order valence-electron chi connectivity index (χ0n) is 22.1. The van der Waals surface area contributed by atoms with Gasteiger partial charge in [0.25, 0.3) is 0 Å². The Morgan fingerprint density at radius 1 is 1.06 bits per heavy atom. The van der Waals surface area contributed by atoms with Crippen molar-refractivity contribution in [1.82, 2.24) is 14.1 Å². The number of hydrogen-bond acceptors (Lipinski definition) is 6. The summed E-state index contributed by atoms with van der Waals surface area (Å²) in [5.74, 6) is 1.13. The van der Waals surface area contributed by atoms with Crippen molar-refractivity contribution in [2.45, 2.75) is 63.3 Å². The van der Waals surface area contributed by atoms with E-state index in [1.54, 1.807) is 38.0 Å². The van der Waals surface area contributed by atoms with Gasteiger partial charge in [-0.2, -0.15) is 4.31 Å². The van der Waals surface area contributed by atoms with E-state index in [1.807, 2.05) is 7.05 Å². The van der Waals surface area contributed by atoms with Gasteiger partial charge in [-0.3, -0.25) is 4.79 Å². The number of aryl methyl sites for hydroxylation is 2. The Balaban J connectivity index is 1.39. The summed E-state index contributed by atoms with van der Waals surface area (Å²) in [6.45, 7) is 7.09. The van der Waals surface area contributed by atoms with Crippen LogP contribution in [-0.2, 0) is 19.6 Å². The van der Waals surface area contributed by atoms with Crippen LogP contribution in [0.4, 0.5) is 0 Å². The van der Waals surface area contributed by atoms with E-state index in [4.69, 9.17) is 9.47 Å². The lowest BCUT2D eigenvalue weighted by molar-refractivity contribution is -0.135. The van der Waals surface area contributed by atoms with E-state index in [0.29, 0.717) is 22.8 Å². The number of sulfonamides is 1. The fourth-order valence-electron chi connectivity index (χ4n) is 5.46. The Kier molecular flexibility index (Phi) is 9.98. The zero-order chi connectivity index (χ0) is 25.6. The van der Waals surface area contributed by atoms with Crippen LogP contribution in [0.3, 0.4) is 0 Å². The Labute approximate surface area is 211 Å². The number of likely N-dealkylation sites (N-methyl/N-ethyl adjacent to an activating group) is 2. The average Bonchev–Trinajstić information content (AvgIpc) is 3.36. The summed E-state index contributed by atoms with van der Waals surface area (Å²) < 4.78 is 38.3. The molecule has 0 spiro atoms. The molecule has 1 aliphatic carbocycles. The third-order valence-corrected chi connectivity index (χ3v) is 9.71. The monoisotopic (exact) mass is 509 g/mol. The van der Waals surface area contributed by atoms with Gasteiger partial charge in [0.2, 0.25) is 15.9 Å². The normalized spacial score (nSPS) is 21.4. The van der Waals surface area contributed by atoms with E-state index < -0.39 is 10.0 Å². The molecule has 2 fully saturated rings. The number of benzene rings is 1. The summed E-state index contributed by atoms with van der Waals surface area (Å²) in [5, 5.41) is 0. The first-order valence-electron chi connectivity index (χ1n) is 12.8. The van der Waals surface area contributed by atoms with Gasteiger partial charge in [0.1, 0.15) is 12.4 Å². The largest absolute Gasteiger partial charge is 0.497 e. The molecule has 0 atom stereocenters. The van der Waals surface area contributed by atoms with Crippen LogP contribution >= 0.6 is 0 Å². The highest BCUT2D eigenvalue weighted by atomic mass is 32.2. The number of carbonyl (C=O) groups excluding carboxylic acids is 1. The molecule has 1 aromatic rings. The summed E-state index contributed by atoms with van der Waals surface area (Å²) >= 11 is 0. The molecule has 1 heterocycles. The van der Waals surface area contributed by atoms with Gasteiger partial charge in [0, 0.05) is 33.2 Å². The first-order chi connectivity index (χ1) is 16.6. The van der Waals surface area contributed by atoms with Gasteiger partial charge >= 0.3 is 0 Å². The minimum Gasteiger partial charge on any atom is -0.497 e. The summed E-state index contributed by atoms with van der Waals surface area (Å²) in [6.07, 6.45) is 7.48. The van der Waals surface area contributed by atoms with Crippen LogP contribution in [-0.4, -0.2) is 95.1 Å². The van der Waals surface area contributed by atoms with Gasteiger partial charge in [-0.05, 0) is 94.6 Å². The summed E-state index contributed by atoms with van der Waals surface area (Å²) in [4.78, 5) is 17.3. The highest BCUT2D eigenvalue weighted by Crippen LogP contribution is 2.30. The van der Waals surface area contributed by atoms with E-state index in [9.17, 15) is 13.2 Å². The number of methoxy groups -OCH3 is 1. The molecule has 35 heavy (non-hydrogen) atoms. The molecular weight excluding hydrogens is 466 g/mol. The van der Waals surface area contributed by atoms with Crippen LogP contribution in [0.25, 0.3) is 0 Å². The molecule has 0 N–H and O–H groups in total. The molecule has 2 aliphatic rings. The third-order valence-electron chi connectivity index (χ3n) is 7.55. The Hall–Kier alpha value is -1.68. The molecule has 1 aliphatic heterocycles.